The van der Waals surface area contributed by atoms with Crippen LogP contribution in [-0.2, 0) is 9.59 Å². The smallest absolute Gasteiger partial charge is 0.238 e. The fourth-order valence-electron chi connectivity index (χ4n) is 3.75. The number of halogens is 1. The van der Waals surface area contributed by atoms with Gasteiger partial charge in [0.15, 0.2) is 0 Å². The molecule has 6 heteroatoms. The number of carbonyl (C=O) groups is 2. The SMILES string of the molecule is CCCCCCCCCC(=O)Nc1ccc([C@H]2SCC(=O)N2c2ccc(F)cc2)cc1. The van der Waals surface area contributed by atoms with E-state index in [0.29, 0.717) is 17.9 Å². The Hall–Kier alpha value is -2.34. The molecule has 0 unspecified atom stereocenters. The van der Waals surface area contributed by atoms with E-state index in [1.54, 1.807) is 28.8 Å². The number of hydrogen-bond acceptors (Lipinski definition) is 3. The lowest BCUT2D eigenvalue weighted by Crippen LogP contribution is -2.27. The minimum Gasteiger partial charge on any atom is -0.326 e. The molecule has 1 aliphatic rings. The van der Waals surface area contributed by atoms with Crippen molar-refractivity contribution in [2.24, 2.45) is 0 Å². The number of nitrogens with zero attached hydrogens (tertiary/aromatic N) is 1. The zero-order valence-electron chi connectivity index (χ0n) is 18.1. The van der Waals surface area contributed by atoms with E-state index in [9.17, 15) is 14.0 Å². The maximum atomic E-state index is 13.3. The highest BCUT2D eigenvalue weighted by atomic mass is 32.2. The fraction of sp³-hybridized carbons (Fsp3) is 0.440. The summed E-state index contributed by atoms with van der Waals surface area (Å²) in [6.07, 6.45) is 8.86. The van der Waals surface area contributed by atoms with Gasteiger partial charge in [0, 0.05) is 17.8 Å². The molecule has 0 spiro atoms. The molecule has 1 fully saturated rings. The lowest BCUT2D eigenvalue weighted by molar-refractivity contribution is -0.116. The van der Waals surface area contributed by atoms with Crippen molar-refractivity contribution >= 4 is 35.0 Å². The quantitative estimate of drug-likeness (QED) is 0.395. The second kappa shape index (κ2) is 11.9. The largest absolute Gasteiger partial charge is 0.326 e. The predicted molar refractivity (Wildman–Crippen MR) is 127 cm³/mol. The van der Waals surface area contributed by atoms with Crippen LogP contribution in [0.3, 0.4) is 0 Å². The van der Waals surface area contributed by atoms with Crippen LogP contribution in [0.1, 0.15) is 69.2 Å². The van der Waals surface area contributed by atoms with E-state index < -0.39 is 0 Å². The average molecular weight is 443 g/mol. The van der Waals surface area contributed by atoms with Crippen molar-refractivity contribution in [3.8, 4) is 0 Å². The highest BCUT2D eigenvalue weighted by molar-refractivity contribution is 8.00. The molecule has 1 atom stereocenters. The molecule has 0 radical (unpaired) electrons. The van der Waals surface area contributed by atoms with Crippen LogP contribution in [0.15, 0.2) is 48.5 Å². The minimum absolute atomic E-state index is 0.00804. The lowest BCUT2D eigenvalue weighted by atomic mass is 10.1. The summed E-state index contributed by atoms with van der Waals surface area (Å²) in [4.78, 5) is 26.3. The van der Waals surface area contributed by atoms with Crippen LogP contribution in [-0.4, -0.2) is 17.6 Å². The zero-order valence-corrected chi connectivity index (χ0v) is 18.9. The molecule has 2 aromatic rings. The second-order valence-electron chi connectivity index (χ2n) is 7.95. The molecule has 4 nitrogen and oxygen atoms in total. The third-order valence-electron chi connectivity index (χ3n) is 5.46. The average Bonchev–Trinajstić information content (AvgIpc) is 3.15. The molecular formula is C25H31FN2O2S. The number of benzene rings is 2. The van der Waals surface area contributed by atoms with E-state index in [1.807, 2.05) is 24.3 Å². The van der Waals surface area contributed by atoms with Crippen molar-refractivity contribution in [3.05, 3.63) is 59.9 Å². The fourth-order valence-corrected chi connectivity index (χ4v) is 4.93. The van der Waals surface area contributed by atoms with Crippen LogP contribution >= 0.6 is 11.8 Å². The normalized spacial score (nSPS) is 16.0. The Bertz CT molecular complexity index is 855. The standard InChI is InChI=1S/C25H31FN2O2S/c1-2-3-4-5-6-7-8-9-23(29)27-21-14-10-19(11-15-21)25-28(24(30)18-31-25)22-16-12-20(26)13-17-22/h10-17,25H,2-9,18H2,1H3,(H,27,29)/t25-/m1/s1. The molecule has 1 saturated heterocycles. The van der Waals surface area contributed by atoms with Crippen LogP contribution in [0.4, 0.5) is 15.8 Å². The van der Waals surface area contributed by atoms with Gasteiger partial charge in [0.25, 0.3) is 0 Å². The highest BCUT2D eigenvalue weighted by Gasteiger charge is 2.34. The summed E-state index contributed by atoms with van der Waals surface area (Å²) in [6.45, 7) is 2.21. The van der Waals surface area contributed by atoms with Crippen LogP contribution in [0.5, 0.6) is 0 Å². The van der Waals surface area contributed by atoms with Crippen LogP contribution < -0.4 is 10.2 Å². The molecule has 1 heterocycles. The first-order chi connectivity index (χ1) is 15.1. The number of thioether (sulfide) groups is 1. The van der Waals surface area contributed by atoms with E-state index in [1.165, 1.54) is 44.2 Å². The number of hydrogen-bond donors (Lipinski definition) is 1. The van der Waals surface area contributed by atoms with Crippen molar-refractivity contribution in [2.75, 3.05) is 16.0 Å². The van der Waals surface area contributed by atoms with Gasteiger partial charge in [0.05, 0.1) is 5.75 Å². The minimum atomic E-state index is -0.323. The first-order valence-corrected chi connectivity index (χ1v) is 12.2. The van der Waals surface area contributed by atoms with Gasteiger partial charge in [0.1, 0.15) is 11.2 Å². The summed E-state index contributed by atoms with van der Waals surface area (Å²) in [7, 11) is 0. The van der Waals surface area contributed by atoms with E-state index in [0.717, 1.165) is 24.1 Å². The van der Waals surface area contributed by atoms with Gasteiger partial charge in [-0.1, -0.05) is 57.6 Å². The van der Waals surface area contributed by atoms with Crippen molar-refractivity contribution in [1.29, 1.82) is 0 Å². The van der Waals surface area contributed by atoms with Crippen LogP contribution in [0.25, 0.3) is 0 Å². The second-order valence-corrected chi connectivity index (χ2v) is 9.01. The highest BCUT2D eigenvalue weighted by Crippen LogP contribution is 2.41. The van der Waals surface area contributed by atoms with E-state index in [2.05, 4.69) is 12.2 Å². The summed E-state index contributed by atoms with van der Waals surface area (Å²) in [5, 5.41) is 2.80. The van der Waals surface area contributed by atoms with Crippen molar-refractivity contribution < 1.29 is 14.0 Å². The first-order valence-electron chi connectivity index (χ1n) is 11.2. The van der Waals surface area contributed by atoms with Gasteiger partial charge >= 0.3 is 0 Å². The van der Waals surface area contributed by atoms with Gasteiger partial charge in [-0.2, -0.15) is 0 Å². The Labute approximate surface area is 188 Å². The summed E-state index contributed by atoms with van der Waals surface area (Å²) >= 11 is 1.55. The predicted octanol–water partition coefficient (Wildman–Crippen LogP) is 6.68. The van der Waals surface area contributed by atoms with Gasteiger partial charge in [0.2, 0.25) is 11.8 Å². The molecule has 2 amide bonds. The first kappa shape index (κ1) is 23.3. The molecule has 0 bridgehead atoms. The number of anilines is 2. The Morgan fingerprint density at radius 3 is 2.32 bits per heavy atom. The zero-order chi connectivity index (χ0) is 22.1. The molecule has 0 aromatic heterocycles. The topological polar surface area (TPSA) is 49.4 Å². The van der Waals surface area contributed by atoms with Crippen molar-refractivity contribution in [3.63, 3.8) is 0 Å². The summed E-state index contributed by atoms with van der Waals surface area (Å²) in [5.74, 6) is 0.114. The number of nitrogens with one attached hydrogen (secondary N) is 1. The Kier molecular flexibility index (Phi) is 8.95. The Morgan fingerprint density at radius 1 is 1.00 bits per heavy atom. The van der Waals surface area contributed by atoms with Gasteiger partial charge < -0.3 is 5.32 Å². The Balaban J connectivity index is 1.50. The molecule has 3 rings (SSSR count). The molecule has 0 saturated carbocycles. The Morgan fingerprint density at radius 2 is 1.65 bits per heavy atom. The molecule has 31 heavy (non-hydrogen) atoms. The molecular weight excluding hydrogens is 411 g/mol. The summed E-state index contributed by atoms with van der Waals surface area (Å²) < 4.78 is 13.3. The van der Waals surface area contributed by atoms with Gasteiger partial charge in [-0.3, -0.25) is 14.5 Å². The van der Waals surface area contributed by atoms with Crippen LogP contribution in [0.2, 0.25) is 0 Å². The number of amides is 2. The van der Waals surface area contributed by atoms with Gasteiger partial charge in [-0.05, 0) is 48.4 Å². The molecule has 1 N–H and O–H groups in total. The summed E-state index contributed by atoms with van der Waals surface area (Å²) in [6, 6.07) is 13.6. The third-order valence-corrected chi connectivity index (χ3v) is 6.67. The number of unbranched alkanes of at least 4 members (excludes halogenated alkanes) is 6. The number of carbonyl (C=O) groups excluding carboxylic acids is 2. The third kappa shape index (κ3) is 6.82. The van der Waals surface area contributed by atoms with Crippen LogP contribution in [0, 0.1) is 5.82 Å². The lowest BCUT2D eigenvalue weighted by Gasteiger charge is -2.24. The van der Waals surface area contributed by atoms with Gasteiger partial charge in [-0.25, -0.2) is 4.39 Å². The van der Waals surface area contributed by atoms with Crippen molar-refractivity contribution in [1.82, 2.24) is 0 Å². The van der Waals surface area contributed by atoms with Crippen molar-refractivity contribution in [2.45, 2.75) is 63.7 Å². The van der Waals surface area contributed by atoms with E-state index in [-0.39, 0.29) is 23.0 Å². The summed E-state index contributed by atoms with van der Waals surface area (Å²) in [5.41, 5.74) is 2.43. The maximum absolute atomic E-state index is 13.3. The molecule has 0 aliphatic carbocycles. The monoisotopic (exact) mass is 442 g/mol. The van der Waals surface area contributed by atoms with Gasteiger partial charge in [-0.15, -0.1) is 11.8 Å². The number of rotatable bonds is 11. The molecule has 2 aromatic carbocycles. The van der Waals surface area contributed by atoms with E-state index in [4.69, 9.17) is 0 Å². The molecule has 166 valence electrons. The molecule has 1 aliphatic heterocycles. The maximum Gasteiger partial charge on any atom is 0.238 e. The van der Waals surface area contributed by atoms with E-state index >= 15 is 0 Å².